The molecule has 2 aromatic carbocycles. The molecule has 4 heteroatoms. The van der Waals surface area contributed by atoms with E-state index in [4.69, 9.17) is 11.6 Å². The van der Waals surface area contributed by atoms with E-state index in [9.17, 15) is 4.39 Å². The summed E-state index contributed by atoms with van der Waals surface area (Å²) in [6.07, 6.45) is 0.838. The quantitative estimate of drug-likeness (QED) is 0.550. The van der Waals surface area contributed by atoms with Gasteiger partial charge >= 0.3 is 0 Å². The average Bonchev–Trinajstić information content (AvgIpc) is 2.40. The summed E-state index contributed by atoms with van der Waals surface area (Å²) in [5.41, 5.74) is 2.28. The summed E-state index contributed by atoms with van der Waals surface area (Å²) < 4.78 is 13.7. The molecule has 0 aliphatic rings. The van der Waals surface area contributed by atoms with Crippen LogP contribution in [0.2, 0.25) is 5.02 Å². The van der Waals surface area contributed by atoms with Crippen molar-refractivity contribution >= 4 is 43.5 Å². The van der Waals surface area contributed by atoms with Crippen LogP contribution < -0.4 is 0 Å². The molecule has 0 spiro atoms. The summed E-state index contributed by atoms with van der Waals surface area (Å²) in [6, 6.07) is 13.0. The molecule has 0 aliphatic carbocycles. The van der Waals surface area contributed by atoms with Gasteiger partial charge < -0.3 is 0 Å². The van der Waals surface area contributed by atoms with Crippen molar-refractivity contribution in [2.75, 3.05) is 5.33 Å². The zero-order chi connectivity index (χ0) is 13.8. The van der Waals surface area contributed by atoms with E-state index in [1.54, 1.807) is 0 Å². The van der Waals surface area contributed by atoms with Gasteiger partial charge in [-0.15, -0.1) is 0 Å². The number of hydrogen-bond acceptors (Lipinski definition) is 0. The van der Waals surface area contributed by atoms with Crippen LogP contribution in [0.1, 0.15) is 17.0 Å². The number of hydrogen-bond donors (Lipinski definition) is 0. The Hall–Kier alpha value is -0.380. The Kier molecular flexibility index (Phi) is 5.43. The molecule has 0 N–H and O–H groups in total. The van der Waals surface area contributed by atoms with Crippen molar-refractivity contribution in [3.8, 4) is 0 Å². The van der Waals surface area contributed by atoms with E-state index in [-0.39, 0.29) is 5.82 Å². The van der Waals surface area contributed by atoms with Gasteiger partial charge in [0.25, 0.3) is 0 Å². The lowest BCUT2D eigenvalue weighted by Crippen LogP contribution is -2.04. The van der Waals surface area contributed by atoms with Crippen molar-refractivity contribution in [2.45, 2.75) is 12.3 Å². The molecule has 0 radical (unpaired) electrons. The van der Waals surface area contributed by atoms with E-state index < -0.39 is 0 Å². The summed E-state index contributed by atoms with van der Waals surface area (Å²) in [5, 5.41) is 1.58. The van der Waals surface area contributed by atoms with Gasteiger partial charge in [0.2, 0.25) is 0 Å². The normalized spacial score (nSPS) is 12.4. The van der Waals surface area contributed by atoms with Gasteiger partial charge in [0.15, 0.2) is 0 Å². The molecule has 100 valence electrons. The molecular weight excluding hydrogens is 394 g/mol. The molecule has 0 aromatic heterocycles. The lowest BCUT2D eigenvalue weighted by atomic mass is 9.94. The van der Waals surface area contributed by atoms with Gasteiger partial charge in [-0.3, -0.25) is 0 Å². The molecule has 0 amide bonds. The minimum Gasteiger partial charge on any atom is -0.206 e. The minimum atomic E-state index is -0.234. The van der Waals surface area contributed by atoms with Crippen molar-refractivity contribution in [1.29, 1.82) is 0 Å². The lowest BCUT2D eigenvalue weighted by Gasteiger charge is -2.15. The van der Waals surface area contributed by atoms with Crippen molar-refractivity contribution in [1.82, 2.24) is 0 Å². The van der Waals surface area contributed by atoms with E-state index >= 15 is 0 Å². The van der Waals surface area contributed by atoms with Crippen LogP contribution in [0.3, 0.4) is 0 Å². The first-order chi connectivity index (χ1) is 9.10. The van der Waals surface area contributed by atoms with Crippen molar-refractivity contribution in [3.05, 3.63) is 68.9 Å². The Bertz CT molecular complexity index is 572. The third-order valence-electron chi connectivity index (χ3n) is 2.97. The van der Waals surface area contributed by atoms with Crippen LogP contribution in [0.15, 0.2) is 46.9 Å². The highest BCUT2D eigenvalue weighted by atomic mass is 79.9. The van der Waals surface area contributed by atoms with Gasteiger partial charge in [-0.05, 0) is 63.7 Å². The Morgan fingerprint density at radius 3 is 2.58 bits per heavy atom. The van der Waals surface area contributed by atoms with Crippen LogP contribution in [-0.2, 0) is 6.42 Å². The summed E-state index contributed by atoms with van der Waals surface area (Å²) in [6.45, 7) is 0. The molecule has 0 saturated heterocycles. The van der Waals surface area contributed by atoms with Gasteiger partial charge in [0.1, 0.15) is 5.82 Å². The number of halogens is 4. The standard InChI is InChI=1S/C15H12Br2ClF/c16-9-12(11-2-1-3-13(18)8-11)6-10-4-5-15(19)14(17)7-10/h1-5,7-8,12H,6,9H2. The fourth-order valence-electron chi connectivity index (χ4n) is 1.97. The smallest absolute Gasteiger partial charge is 0.137 e. The van der Waals surface area contributed by atoms with Gasteiger partial charge in [-0.1, -0.05) is 45.7 Å². The number of alkyl halides is 1. The SMILES string of the molecule is Fc1ccc(CC(CBr)c2cccc(Cl)c2)cc1Br. The fraction of sp³-hybridized carbons (Fsp3) is 0.200. The van der Waals surface area contributed by atoms with E-state index in [1.807, 2.05) is 30.3 Å². The molecule has 0 saturated carbocycles. The van der Waals surface area contributed by atoms with Crippen molar-refractivity contribution in [3.63, 3.8) is 0 Å². The maximum atomic E-state index is 13.2. The van der Waals surface area contributed by atoms with Gasteiger partial charge in [0.05, 0.1) is 4.47 Å². The van der Waals surface area contributed by atoms with Crippen LogP contribution in [0.5, 0.6) is 0 Å². The van der Waals surface area contributed by atoms with Gasteiger partial charge in [0, 0.05) is 10.4 Å². The molecule has 1 atom stereocenters. The average molecular weight is 407 g/mol. The molecule has 0 bridgehead atoms. The maximum absolute atomic E-state index is 13.2. The van der Waals surface area contributed by atoms with Crippen molar-refractivity contribution < 1.29 is 4.39 Å². The Morgan fingerprint density at radius 1 is 1.16 bits per heavy atom. The molecule has 19 heavy (non-hydrogen) atoms. The maximum Gasteiger partial charge on any atom is 0.137 e. The van der Waals surface area contributed by atoms with Crippen LogP contribution in [0, 0.1) is 5.82 Å². The first-order valence-corrected chi connectivity index (χ1v) is 8.14. The molecule has 0 fully saturated rings. The first kappa shape index (κ1) is 15.0. The van der Waals surface area contributed by atoms with Crippen molar-refractivity contribution in [2.24, 2.45) is 0 Å². The van der Waals surface area contributed by atoms with Gasteiger partial charge in [-0.2, -0.15) is 0 Å². The molecule has 0 nitrogen and oxygen atoms in total. The second-order valence-corrected chi connectivity index (χ2v) is 6.30. The summed E-state index contributed by atoms with van der Waals surface area (Å²) >= 11 is 12.8. The zero-order valence-electron chi connectivity index (χ0n) is 10.0. The largest absolute Gasteiger partial charge is 0.206 e. The second kappa shape index (κ2) is 6.87. The number of benzene rings is 2. The van der Waals surface area contributed by atoms with Crippen LogP contribution >= 0.6 is 43.5 Å². The Morgan fingerprint density at radius 2 is 1.95 bits per heavy atom. The highest BCUT2D eigenvalue weighted by Gasteiger charge is 2.12. The van der Waals surface area contributed by atoms with E-state index in [0.717, 1.165) is 22.3 Å². The van der Waals surface area contributed by atoms with E-state index in [0.29, 0.717) is 10.4 Å². The zero-order valence-corrected chi connectivity index (χ0v) is 14.0. The van der Waals surface area contributed by atoms with E-state index in [1.165, 1.54) is 11.6 Å². The summed E-state index contributed by atoms with van der Waals surface area (Å²) in [7, 11) is 0. The monoisotopic (exact) mass is 404 g/mol. The highest BCUT2D eigenvalue weighted by molar-refractivity contribution is 9.10. The number of rotatable bonds is 4. The molecule has 2 rings (SSSR count). The van der Waals surface area contributed by atoms with Crippen LogP contribution in [0.25, 0.3) is 0 Å². The molecule has 0 heterocycles. The molecule has 0 aliphatic heterocycles. The Labute approximate surface area is 134 Å². The summed E-state index contributed by atoms with van der Waals surface area (Å²) in [4.78, 5) is 0. The third kappa shape index (κ3) is 4.04. The predicted molar refractivity (Wildman–Crippen MR) is 85.8 cm³/mol. The molecule has 2 aromatic rings. The predicted octanol–water partition coefficient (Wildman–Crippen LogP) is 5.96. The van der Waals surface area contributed by atoms with Gasteiger partial charge in [-0.25, -0.2) is 4.39 Å². The second-order valence-electron chi connectivity index (χ2n) is 4.36. The molecular formula is C15H12Br2ClF. The Balaban J connectivity index is 2.21. The molecule has 1 unspecified atom stereocenters. The van der Waals surface area contributed by atoms with Crippen LogP contribution in [-0.4, -0.2) is 5.33 Å². The summed E-state index contributed by atoms with van der Waals surface area (Å²) in [5.74, 6) is 0.0814. The fourth-order valence-corrected chi connectivity index (χ4v) is 3.20. The highest BCUT2D eigenvalue weighted by Crippen LogP contribution is 2.27. The minimum absolute atomic E-state index is 0.234. The lowest BCUT2D eigenvalue weighted by molar-refractivity contribution is 0.619. The van der Waals surface area contributed by atoms with E-state index in [2.05, 4.69) is 37.9 Å². The topological polar surface area (TPSA) is 0 Å². The third-order valence-corrected chi connectivity index (χ3v) is 4.60. The van der Waals surface area contributed by atoms with Crippen LogP contribution in [0.4, 0.5) is 4.39 Å². The first-order valence-electron chi connectivity index (χ1n) is 5.85.